The second kappa shape index (κ2) is 14.4. The molecule has 2 aromatic rings. The molecule has 340 valence electrons. The summed E-state index contributed by atoms with van der Waals surface area (Å²) >= 11 is 0. The lowest BCUT2D eigenvalue weighted by molar-refractivity contribution is -0.385. The van der Waals surface area contributed by atoms with Crippen molar-refractivity contribution in [1.82, 2.24) is 0 Å². The van der Waals surface area contributed by atoms with Crippen LogP contribution >= 0.6 is 0 Å². The largest absolute Gasteiger partial charge is 0.506 e. The van der Waals surface area contributed by atoms with Gasteiger partial charge in [-0.2, -0.15) is 0 Å². The van der Waals surface area contributed by atoms with Crippen LogP contribution in [0, 0.1) is 6.92 Å². The maximum Gasteiger partial charge on any atom is 0.303 e. The molecule has 1 spiro atoms. The second-order valence-corrected chi connectivity index (χ2v) is 17.5. The Bertz CT molecular complexity index is 2200. The zero-order chi connectivity index (χ0) is 44.8. The number of hydrogen-bond donors (Lipinski definition) is 5. The number of ether oxygens (including phenoxy) is 12. The normalized spacial score (nSPS) is 42.8. The van der Waals surface area contributed by atoms with E-state index in [2.05, 4.69) is 0 Å². The minimum Gasteiger partial charge on any atom is -0.506 e. The number of phenolic OH excluding ortho intramolecular Hbond substituents is 1. The number of benzene rings is 2. The minimum atomic E-state index is -2.24. The van der Waals surface area contributed by atoms with Gasteiger partial charge in [0.25, 0.3) is 11.6 Å². The summed E-state index contributed by atoms with van der Waals surface area (Å²) in [5.74, 6) is -6.52. The van der Waals surface area contributed by atoms with Crippen LogP contribution in [0.2, 0.25) is 0 Å². The number of epoxide rings is 1. The van der Waals surface area contributed by atoms with Crippen molar-refractivity contribution >= 4 is 28.3 Å². The van der Waals surface area contributed by atoms with Crippen molar-refractivity contribution in [3.8, 4) is 17.2 Å². The van der Waals surface area contributed by atoms with Crippen molar-refractivity contribution in [2.24, 2.45) is 0 Å². The van der Waals surface area contributed by atoms with Crippen molar-refractivity contribution in [2.75, 3.05) is 27.9 Å². The van der Waals surface area contributed by atoms with E-state index in [1.807, 2.05) is 0 Å². The number of aliphatic hydroxyl groups is 4. The number of Topliss-reactive ketones (excluding diaryl/α,β-unsaturated/α-hetero) is 2. The first kappa shape index (κ1) is 43.6. The Morgan fingerprint density at radius 1 is 0.984 bits per heavy atom. The Hall–Kier alpha value is -3.61. The van der Waals surface area contributed by atoms with Gasteiger partial charge in [-0.15, -0.1) is 0 Å². The van der Waals surface area contributed by atoms with E-state index in [1.54, 1.807) is 19.9 Å². The molecule has 6 heterocycles. The summed E-state index contributed by atoms with van der Waals surface area (Å²) < 4.78 is 74.9. The molecular weight excluding hydrogens is 824 g/mol. The first-order chi connectivity index (χ1) is 29.2. The van der Waals surface area contributed by atoms with Gasteiger partial charge >= 0.3 is 5.97 Å². The molecule has 6 aliphatic heterocycles. The molecule has 10 unspecified atom stereocenters. The number of ketones is 2. The lowest BCUT2D eigenvalue weighted by Gasteiger charge is -2.52. The highest BCUT2D eigenvalue weighted by Crippen LogP contribution is 2.72. The predicted molar refractivity (Wildman–Crippen MR) is 204 cm³/mol. The number of rotatable bonds is 10. The van der Waals surface area contributed by atoms with Gasteiger partial charge in [0.15, 0.2) is 42.0 Å². The van der Waals surface area contributed by atoms with Gasteiger partial charge < -0.3 is 82.4 Å². The van der Waals surface area contributed by atoms with Crippen LogP contribution in [-0.4, -0.2) is 155 Å². The Kier molecular flexibility index (Phi) is 10.2. The molecule has 0 amide bonds. The van der Waals surface area contributed by atoms with Gasteiger partial charge in [-0.05, 0) is 46.2 Å². The topological polar surface area (TPSA) is 266 Å². The first-order valence-electron chi connectivity index (χ1n) is 20.5. The maximum atomic E-state index is 14.1. The molecule has 1 aliphatic carbocycles. The molecule has 20 nitrogen and oxygen atoms in total. The van der Waals surface area contributed by atoms with Crippen molar-refractivity contribution in [3.63, 3.8) is 0 Å². The van der Waals surface area contributed by atoms with Crippen LogP contribution in [0.3, 0.4) is 0 Å². The quantitative estimate of drug-likeness (QED) is 0.127. The summed E-state index contributed by atoms with van der Waals surface area (Å²) in [6.07, 6.45) is -14.2. The fourth-order valence-corrected chi connectivity index (χ4v) is 10.8. The highest BCUT2D eigenvalue weighted by atomic mass is 16.9. The van der Waals surface area contributed by atoms with Crippen LogP contribution < -0.4 is 9.47 Å². The van der Waals surface area contributed by atoms with Gasteiger partial charge in [-0.1, -0.05) is 0 Å². The van der Waals surface area contributed by atoms with Gasteiger partial charge in [0.05, 0.1) is 49.1 Å². The SMILES string of the molecule is COc1c2c(c(O)c3c4c(c(C)cc13)C1OC3(C(OC)OC)OC1[C@@](OC1CC(O)C(O)(C(C)=O)C(C)O1)(O4)[C@@]31CO1)C(=O)[C@@H](O)C[C@@H]2OC1CC(C)(O)C(OC(C)=O)[C@@H](C)O1. The molecule has 15 atom stereocenters. The van der Waals surface area contributed by atoms with Gasteiger partial charge in [0.2, 0.25) is 11.9 Å². The van der Waals surface area contributed by atoms with E-state index in [-0.39, 0.29) is 52.8 Å². The predicted octanol–water partition coefficient (Wildman–Crippen LogP) is 1.16. The van der Waals surface area contributed by atoms with Gasteiger partial charge in [-0.25, -0.2) is 0 Å². The lowest BCUT2D eigenvalue weighted by Crippen LogP contribution is -2.72. The minimum absolute atomic E-state index is 0.0211. The average molecular weight is 877 g/mol. The monoisotopic (exact) mass is 876 g/mol. The Balaban J connectivity index is 1.18. The highest BCUT2D eigenvalue weighted by molar-refractivity contribution is 6.13. The number of carbonyl (C=O) groups excluding carboxylic acids is 3. The molecule has 5 saturated heterocycles. The molecule has 7 aliphatic rings. The van der Waals surface area contributed by atoms with Crippen LogP contribution in [0.25, 0.3) is 10.8 Å². The average Bonchev–Trinajstić information content (AvgIpc) is 3.86. The zero-order valence-electron chi connectivity index (χ0n) is 35.6. The molecule has 9 rings (SSSR count). The van der Waals surface area contributed by atoms with Crippen molar-refractivity contribution in [1.29, 1.82) is 0 Å². The summed E-state index contributed by atoms with van der Waals surface area (Å²) in [5.41, 5.74) is -4.74. The van der Waals surface area contributed by atoms with Gasteiger partial charge in [-0.3, -0.25) is 14.4 Å². The van der Waals surface area contributed by atoms with E-state index >= 15 is 0 Å². The molecule has 2 bridgehead atoms. The molecule has 20 heteroatoms. The molecular formula is C42H52O20. The molecule has 62 heavy (non-hydrogen) atoms. The van der Waals surface area contributed by atoms with E-state index < -0.39 is 126 Å². The highest BCUT2D eigenvalue weighted by Gasteiger charge is 2.94. The van der Waals surface area contributed by atoms with Crippen LogP contribution in [0.4, 0.5) is 0 Å². The summed E-state index contributed by atoms with van der Waals surface area (Å²) in [5, 5.41) is 57.6. The van der Waals surface area contributed by atoms with Crippen molar-refractivity contribution in [3.05, 3.63) is 28.3 Å². The Morgan fingerprint density at radius 3 is 2.26 bits per heavy atom. The number of phenols is 1. The van der Waals surface area contributed by atoms with Crippen LogP contribution in [0.5, 0.6) is 17.2 Å². The maximum absolute atomic E-state index is 14.1. The second-order valence-electron chi connectivity index (χ2n) is 17.5. The van der Waals surface area contributed by atoms with E-state index in [1.165, 1.54) is 42.1 Å². The number of methoxy groups -OCH3 is 3. The third-order valence-corrected chi connectivity index (χ3v) is 13.7. The zero-order valence-corrected chi connectivity index (χ0v) is 35.6. The standard InChI is InChI=1S/C42H52O20/c1-15-10-20-27(31(48)29-28(32(20)51-7)22(11-21(45)30(29)47)58-25-13-38(6,49)35(16(2)55-25)57-19(5)44)33-26(15)34-36-41(60-33,39(14-54-39)42(61-34,62-36)37(52-8)53-9)59-24-12-23(46)40(50,17(3)43)18(4)56-24/h10,16,18,21-25,34-37,45-46,48-50H,11-14H2,1-9H3/t16-,18?,21+,22+,23?,24?,25?,34?,35?,36?,38?,39+,40?,41-,42?/m1/s1. The molecule has 0 saturated carbocycles. The number of esters is 1. The first-order valence-corrected chi connectivity index (χ1v) is 20.5. The van der Waals surface area contributed by atoms with Crippen LogP contribution in [0.15, 0.2) is 6.07 Å². The summed E-state index contributed by atoms with van der Waals surface area (Å²) in [6.45, 7) is 8.56. The van der Waals surface area contributed by atoms with E-state index in [0.717, 1.165) is 6.92 Å². The number of hydrogen-bond acceptors (Lipinski definition) is 20. The number of aliphatic hydroxyl groups excluding tert-OH is 2. The smallest absolute Gasteiger partial charge is 0.303 e. The van der Waals surface area contributed by atoms with Crippen molar-refractivity contribution in [2.45, 2.75) is 157 Å². The van der Waals surface area contributed by atoms with Gasteiger partial charge in [0.1, 0.15) is 35.1 Å². The molecule has 0 radical (unpaired) electrons. The van der Waals surface area contributed by atoms with Crippen molar-refractivity contribution < 1.29 is 96.8 Å². The summed E-state index contributed by atoms with van der Waals surface area (Å²) in [4.78, 5) is 38.4. The Morgan fingerprint density at radius 2 is 1.68 bits per heavy atom. The lowest BCUT2D eigenvalue weighted by atomic mass is 9.77. The number of carbonyl (C=O) groups is 3. The Labute approximate surface area is 355 Å². The molecule has 0 aromatic heterocycles. The fraction of sp³-hybridized carbons (Fsp3) is 0.690. The summed E-state index contributed by atoms with van der Waals surface area (Å²) in [7, 11) is 4.14. The fourth-order valence-electron chi connectivity index (χ4n) is 10.8. The van der Waals surface area contributed by atoms with E-state index in [9.17, 15) is 39.9 Å². The third-order valence-electron chi connectivity index (χ3n) is 13.7. The van der Waals surface area contributed by atoms with E-state index in [0.29, 0.717) is 11.1 Å². The number of fused-ring (bicyclic) bond motifs is 8. The summed E-state index contributed by atoms with van der Waals surface area (Å²) in [6, 6.07) is 1.71. The molecule has 2 aromatic carbocycles. The number of aromatic hydroxyl groups is 1. The van der Waals surface area contributed by atoms with Gasteiger partial charge in [0, 0.05) is 56.9 Å². The molecule has 5 fully saturated rings. The third kappa shape index (κ3) is 5.69. The number of aryl methyl sites for hydroxylation is 1. The van der Waals surface area contributed by atoms with E-state index in [4.69, 9.17) is 56.8 Å². The van der Waals surface area contributed by atoms with Crippen LogP contribution in [-0.2, 0) is 57.0 Å². The molecule has 5 N–H and O–H groups in total. The van der Waals surface area contributed by atoms with Crippen LogP contribution in [0.1, 0.15) is 93.1 Å².